The molecule has 0 saturated heterocycles. The van der Waals surface area contributed by atoms with E-state index in [1.165, 1.54) is 12.8 Å². The summed E-state index contributed by atoms with van der Waals surface area (Å²) in [6, 6.07) is 2.05. The summed E-state index contributed by atoms with van der Waals surface area (Å²) >= 11 is 0. The Hall–Kier alpha value is -1.91. The predicted molar refractivity (Wildman–Crippen MR) is 65.8 cm³/mol. The number of aromatic nitrogens is 4. The van der Waals surface area contributed by atoms with Crippen molar-refractivity contribution in [1.82, 2.24) is 19.9 Å². The SMILES string of the molecule is CCNc1cc(C2CC2)nc(-c2ncc[nH]2)n1. The van der Waals surface area contributed by atoms with E-state index in [1.807, 2.05) is 6.07 Å². The van der Waals surface area contributed by atoms with Gasteiger partial charge in [-0.15, -0.1) is 0 Å². The molecule has 3 rings (SSSR count). The van der Waals surface area contributed by atoms with Gasteiger partial charge in [0.15, 0.2) is 11.6 Å². The zero-order valence-corrected chi connectivity index (χ0v) is 9.77. The van der Waals surface area contributed by atoms with Crippen molar-refractivity contribution in [3.05, 3.63) is 24.2 Å². The van der Waals surface area contributed by atoms with Crippen LogP contribution >= 0.6 is 0 Å². The molecule has 1 aliphatic rings. The number of hydrogen-bond acceptors (Lipinski definition) is 4. The zero-order valence-electron chi connectivity index (χ0n) is 9.77. The summed E-state index contributed by atoms with van der Waals surface area (Å²) in [6.45, 7) is 2.92. The van der Waals surface area contributed by atoms with Crippen LogP contribution in [0.2, 0.25) is 0 Å². The highest BCUT2D eigenvalue weighted by Crippen LogP contribution is 2.39. The Labute approximate surface area is 99.7 Å². The summed E-state index contributed by atoms with van der Waals surface area (Å²) in [7, 11) is 0. The van der Waals surface area contributed by atoms with Crippen molar-refractivity contribution >= 4 is 5.82 Å². The highest BCUT2D eigenvalue weighted by Gasteiger charge is 2.26. The lowest BCUT2D eigenvalue weighted by Crippen LogP contribution is -2.04. The normalized spacial score (nSPS) is 14.9. The average Bonchev–Trinajstić information content (AvgIpc) is 3.05. The molecule has 5 heteroatoms. The second-order valence-corrected chi connectivity index (χ2v) is 4.24. The van der Waals surface area contributed by atoms with Gasteiger partial charge in [-0.25, -0.2) is 15.0 Å². The molecule has 2 aromatic heterocycles. The van der Waals surface area contributed by atoms with Crippen LogP contribution in [0.5, 0.6) is 0 Å². The maximum Gasteiger partial charge on any atom is 0.197 e. The van der Waals surface area contributed by atoms with E-state index in [2.05, 4.69) is 32.2 Å². The molecule has 0 aromatic carbocycles. The maximum absolute atomic E-state index is 4.58. The van der Waals surface area contributed by atoms with Crippen molar-refractivity contribution in [3.63, 3.8) is 0 Å². The standard InChI is InChI=1S/C12H15N5/c1-2-13-10-7-9(8-3-4-8)16-12(17-10)11-14-5-6-15-11/h5-8H,2-4H2,1H3,(H,14,15)(H,13,16,17). The van der Waals surface area contributed by atoms with Gasteiger partial charge in [0, 0.05) is 36.6 Å². The molecule has 0 radical (unpaired) electrons. The van der Waals surface area contributed by atoms with E-state index in [-0.39, 0.29) is 0 Å². The highest BCUT2D eigenvalue weighted by molar-refractivity contribution is 5.50. The van der Waals surface area contributed by atoms with Gasteiger partial charge in [0.1, 0.15) is 5.82 Å². The molecule has 2 N–H and O–H groups in total. The molecule has 0 atom stereocenters. The van der Waals surface area contributed by atoms with E-state index < -0.39 is 0 Å². The third-order valence-electron chi connectivity index (χ3n) is 2.81. The van der Waals surface area contributed by atoms with E-state index in [0.717, 1.165) is 23.9 Å². The van der Waals surface area contributed by atoms with Crippen LogP contribution in [0.1, 0.15) is 31.4 Å². The highest BCUT2D eigenvalue weighted by atomic mass is 15.1. The molecule has 88 valence electrons. The molecule has 2 heterocycles. The minimum Gasteiger partial charge on any atom is -0.370 e. The Morgan fingerprint density at radius 2 is 2.29 bits per heavy atom. The van der Waals surface area contributed by atoms with Crippen molar-refractivity contribution < 1.29 is 0 Å². The smallest absolute Gasteiger partial charge is 0.197 e. The van der Waals surface area contributed by atoms with Crippen molar-refractivity contribution in [2.24, 2.45) is 0 Å². The fourth-order valence-electron chi connectivity index (χ4n) is 1.82. The number of rotatable bonds is 4. The summed E-state index contributed by atoms with van der Waals surface area (Å²) < 4.78 is 0. The summed E-state index contributed by atoms with van der Waals surface area (Å²) in [5.74, 6) is 2.90. The second kappa shape index (κ2) is 4.16. The number of imidazole rings is 1. The van der Waals surface area contributed by atoms with Gasteiger partial charge in [-0.3, -0.25) is 0 Å². The van der Waals surface area contributed by atoms with E-state index >= 15 is 0 Å². The molecular formula is C12H15N5. The monoisotopic (exact) mass is 229 g/mol. The van der Waals surface area contributed by atoms with Gasteiger partial charge >= 0.3 is 0 Å². The van der Waals surface area contributed by atoms with E-state index in [1.54, 1.807) is 12.4 Å². The van der Waals surface area contributed by atoms with Crippen LogP contribution < -0.4 is 5.32 Å². The molecule has 0 bridgehead atoms. The van der Waals surface area contributed by atoms with Crippen molar-refractivity contribution in [3.8, 4) is 11.6 Å². The number of nitrogens with zero attached hydrogens (tertiary/aromatic N) is 3. The molecule has 0 aliphatic heterocycles. The van der Waals surface area contributed by atoms with Crippen LogP contribution in [-0.4, -0.2) is 26.5 Å². The molecule has 0 unspecified atom stereocenters. The molecule has 0 spiro atoms. The molecule has 5 nitrogen and oxygen atoms in total. The summed E-state index contributed by atoms with van der Waals surface area (Å²) in [4.78, 5) is 16.3. The number of aromatic amines is 1. The van der Waals surface area contributed by atoms with Crippen molar-refractivity contribution in [1.29, 1.82) is 0 Å². The summed E-state index contributed by atoms with van der Waals surface area (Å²) in [5, 5.41) is 3.24. The third-order valence-corrected chi connectivity index (χ3v) is 2.81. The lowest BCUT2D eigenvalue weighted by Gasteiger charge is -2.06. The minimum absolute atomic E-state index is 0.615. The van der Waals surface area contributed by atoms with Gasteiger partial charge in [0.2, 0.25) is 0 Å². The molecule has 1 saturated carbocycles. The number of anilines is 1. The van der Waals surface area contributed by atoms with Crippen LogP contribution in [0.4, 0.5) is 5.82 Å². The van der Waals surface area contributed by atoms with E-state index in [9.17, 15) is 0 Å². The molecule has 1 aliphatic carbocycles. The Morgan fingerprint density at radius 1 is 1.41 bits per heavy atom. The largest absolute Gasteiger partial charge is 0.370 e. The van der Waals surface area contributed by atoms with E-state index in [4.69, 9.17) is 0 Å². The predicted octanol–water partition coefficient (Wildman–Crippen LogP) is 2.18. The Kier molecular flexibility index (Phi) is 2.51. The van der Waals surface area contributed by atoms with Crippen LogP contribution in [0.25, 0.3) is 11.6 Å². The second-order valence-electron chi connectivity index (χ2n) is 4.24. The summed E-state index contributed by atoms with van der Waals surface area (Å²) in [6.07, 6.45) is 5.98. The Morgan fingerprint density at radius 3 is 2.94 bits per heavy atom. The first-order valence-electron chi connectivity index (χ1n) is 5.99. The third kappa shape index (κ3) is 2.13. The quantitative estimate of drug-likeness (QED) is 0.843. The number of nitrogens with one attached hydrogen (secondary N) is 2. The number of hydrogen-bond donors (Lipinski definition) is 2. The summed E-state index contributed by atoms with van der Waals surface area (Å²) in [5.41, 5.74) is 1.13. The first-order valence-corrected chi connectivity index (χ1v) is 5.99. The fourth-order valence-corrected chi connectivity index (χ4v) is 1.82. The first kappa shape index (κ1) is 10.3. The topological polar surface area (TPSA) is 66.5 Å². The molecular weight excluding hydrogens is 214 g/mol. The van der Waals surface area contributed by atoms with Gasteiger partial charge in [-0.05, 0) is 19.8 Å². The number of H-pyrrole nitrogens is 1. The Balaban J connectivity index is 2.01. The van der Waals surface area contributed by atoms with Crippen molar-refractivity contribution in [2.75, 3.05) is 11.9 Å². The van der Waals surface area contributed by atoms with Gasteiger partial charge in [-0.2, -0.15) is 0 Å². The molecule has 1 fully saturated rings. The average molecular weight is 229 g/mol. The van der Waals surface area contributed by atoms with Crippen LogP contribution in [0, 0.1) is 0 Å². The van der Waals surface area contributed by atoms with Gasteiger partial charge in [0.25, 0.3) is 0 Å². The molecule has 17 heavy (non-hydrogen) atoms. The molecule has 2 aromatic rings. The van der Waals surface area contributed by atoms with Crippen LogP contribution in [-0.2, 0) is 0 Å². The van der Waals surface area contributed by atoms with Gasteiger partial charge in [0.05, 0.1) is 0 Å². The molecule has 0 amide bonds. The fraction of sp³-hybridized carbons (Fsp3) is 0.417. The van der Waals surface area contributed by atoms with E-state index in [0.29, 0.717) is 11.7 Å². The maximum atomic E-state index is 4.58. The first-order chi connectivity index (χ1) is 8.36. The van der Waals surface area contributed by atoms with Gasteiger partial charge in [-0.1, -0.05) is 0 Å². The van der Waals surface area contributed by atoms with Crippen LogP contribution in [0.15, 0.2) is 18.5 Å². The lowest BCUT2D eigenvalue weighted by molar-refractivity contribution is 0.977. The van der Waals surface area contributed by atoms with Crippen LogP contribution in [0.3, 0.4) is 0 Å². The lowest BCUT2D eigenvalue weighted by atomic mass is 10.2. The van der Waals surface area contributed by atoms with Gasteiger partial charge < -0.3 is 10.3 Å². The Bertz CT molecular complexity index is 502. The minimum atomic E-state index is 0.615. The zero-order chi connectivity index (χ0) is 11.7. The van der Waals surface area contributed by atoms with Crippen molar-refractivity contribution in [2.45, 2.75) is 25.7 Å².